The predicted molar refractivity (Wildman–Crippen MR) is 77.3 cm³/mol. The summed E-state index contributed by atoms with van der Waals surface area (Å²) in [4.78, 5) is 0.310. The van der Waals surface area contributed by atoms with Crippen LogP contribution in [0.3, 0.4) is 0 Å². The molecule has 0 aliphatic carbocycles. The third-order valence-corrected chi connectivity index (χ3v) is 4.39. The van der Waals surface area contributed by atoms with Gasteiger partial charge in [0.05, 0.1) is 4.90 Å². The first kappa shape index (κ1) is 16.2. The number of sulfonamides is 1. The van der Waals surface area contributed by atoms with Crippen LogP contribution in [-0.4, -0.2) is 19.5 Å². The van der Waals surface area contributed by atoms with Gasteiger partial charge in [0.15, 0.2) is 0 Å². The second kappa shape index (κ2) is 7.07. The lowest BCUT2D eigenvalue weighted by Gasteiger charge is -2.06. The lowest BCUT2D eigenvalue weighted by molar-refractivity contribution is 0.551. The van der Waals surface area contributed by atoms with Crippen LogP contribution in [0, 0.1) is 5.92 Å². The zero-order chi connectivity index (χ0) is 14.5. The zero-order valence-corrected chi connectivity index (χ0v) is 12.8. The highest BCUT2D eigenvalue weighted by molar-refractivity contribution is 7.89. The zero-order valence-electron chi connectivity index (χ0n) is 12.0. The molecular formula is C13H25N3O2S. The monoisotopic (exact) mass is 287 g/mol. The Morgan fingerprint density at radius 2 is 2.11 bits per heavy atom. The van der Waals surface area contributed by atoms with Gasteiger partial charge in [-0.15, -0.1) is 0 Å². The van der Waals surface area contributed by atoms with Crippen molar-refractivity contribution < 1.29 is 8.42 Å². The third-order valence-electron chi connectivity index (χ3n) is 2.96. The van der Waals surface area contributed by atoms with Crippen molar-refractivity contribution in [3.8, 4) is 0 Å². The molecule has 5 nitrogen and oxygen atoms in total. The quantitative estimate of drug-likeness (QED) is 0.763. The van der Waals surface area contributed by atoms with Crippen LogP contribution < -0.4 is 10.5 Å². The Morgan fingerprint density at radius 1 is 1.42 bits per heavy atom. The van der Waals surface area contributed by atoms with E-state index in [1.807, 2.05) is 4.57 Å². The normalized spacial score (nSPS) is 12.3. The fraction of sp³-hybridized carbons (Fsp3) is 0.692. The Kier molecular flexibility index (Phi) is 6.03. The third kappa shape index (κ3) is 4.63. The lowest BCUT2D eigenvalue weighted by Crippen LogP contribution is -2.25. The minimum Gasteiger partial charge on any atom is -0.349 e. The molecule has 0 bridgehead atoms. The van der Waals surface area contributed by atoms with Gasteiger partial charge in [0.2, 0.25) is 10.0 Å². The molecule has 1 heterocycles. The van der Waals surface area contributed by atoms with E-state index in [4.69, 9.17) is 5.73 Å². The highest BCUT2D eigenvalue weighted by Crippen LogP contribution is 2.15. The van der Waals surface area contributed by atoms with Crippen LogP contribution in [0.2, 0.25) is 0 Å². The summed E-state index contributed by atoms with van der Waals surface area (Å²) in [5.41, 5.74) is 6.49. The number of nitrogens with one attached hydrogen (secondary N) is 1. The second-order valence-electron chi connectivity index (χ2n) is 5.14. The van der Waals surface area contributed by atoms with E-state index in [-0.39, 0.29) is 0 Å². The minimum absolute atomic E-state index is 0.310. The van der Waals surface area contributed by atoms with Gasteiger partial charge in [-0.05, 0) is 24.8 Å². The predicted octanol–water partition coefficient (Wildman–Crippen LogP) is 1.68. The van der Waals surface area contributed by atoms with Crippen LogP contribution in [0.1, 0.15) is 39.3 Å². The van der Waals surface area contributed by atoms with Gasteiger partial charge in [-0.3, -0.25) is 0 Å². The summed E-state index contributed by atoms with van der Waals surface area (Å²) in [5, 5.41) is 0. The van der Waals surface area contributed by atoms with Crippen molar-refractivity contribution in [2.45, 2.75) is 51.6 Å². The lowest BCUT2D eigenvalue weighted by atomic mass is 10.1. The minimum atomic E-state index is -3.41. The van der Waals surface area contributed by atoms with Gasteiger partial charge in [-0.1, -0.05) is 20.8 Å². The number of hydrogen-bond acceptors (Lipinski definition) is 3. The molecule has 0 saturated carbocycles. The van der Waals surface area contributed by atoms with Crippen molar-refractivity contribution >= 4 is 10.0 Å². The number of hydrogen-bond donors (Lipinski definition) is 2. The van der Waals surface area contributed by atoms with Gasteiger partial charge in [0.1, 0.15) is 0 Å². The molecule has 0 amide bonds. The second-order valence-corrected chi connectivity index (χ2v) is 6.91. The molecule has 1 aromatic heterocycles. The first-order chi connectivity index (χ1) is 8.90. The van der Waals surface area contributed by atoms with Crippen LogP contribution in [0.15, 0.2) is 17.2 Å². The van der Waals surface area contributed by atoms with E-state index < -0.39 is 10.0 Å². The molecular weight excluding hydrogens is 262 g/mol. The van der Waals surface area contributed by atoms with Crippen LogP contribution in [0.5, 0.6) is 0 Å². The number of nitrogens with two attached hydrogens (primary N) is 1. The Bertz CT molecular complexity index is 492. The van der Waals surface area contributed by atoms with E-state index in [1.54, 1.807) is 12.3 Å². The maximum Gasteiger partial charge on any atom is 0.242 e. The summed E-state index contributed by atoms with van der Waals surface area (Å²) in [5.74, 6) is 0.479. The highest BCUT2D eigenvalue weighted by Gasteiger charge is 2.17. The van der Waals surface area contributed by atoms with Crippen molar-refractivity contribution in [3.05, 3.63) is 18.0 Å². The van der Waals surface area contributed by atoms with Gasteiger partial charge in [-0.25, -0.2) is 13.1 Å². The molecule has 0 spiro atoms. The molecule has 0 saturated heterocycles. The van der Waals surface area contributed by atoms with Gasteiger partial charge >= 0.3 is 0 Å². The summed E-state index contributed by atoms with van der Waals surface area (Å²) in [6.45, 7) is 7.79. The Hall–Kier alpha value is -0.850. The number of nitrogens with zero attached hydrogens (tertiary/aromatic N) is 1. The van der Waals surface area contributed by atoms with E-state index >= 15 is 0 Å². The molecule has 0 unspecified atom stereocenters. The van der Waals surface area contributed by atoms with Crippen LogP contribution >= 0.6 is 0 Å². The van der Waals surface area contributed by atoms with Gasteiger partial charge < -0.3 is 10.3 Å². The summed E-state index contributed by atoms with van der Waals surface area (Å²) >= 11 is 0. The van der Waals surface area contributed by atoms with Crippen molar-refractivity contribution in [2.75, 3.05) is 6.54 Å². The summed E-state index contributed by atoms with van der Waals surface area (Å²) in [6.07, 6.45) is 3.45. The standard InChI is InChI=1S/C13H25N3O2S/c1-4-7-16-10-13(8-12(16)9-14)19(17,18)15-6-5-11(2)3/h8,10-11,15H,4-7,9,14H2,1-3H3. The van der Waals surface area contributed by atoms with Gasteiger partial charge in [0.25, 0.3) is 0 Å². The average Bonchev–Trinajstić information content (AvgIpc) is 2.72. The average molecular weight is 287 g/mol. The maximum absolute atomic E-state index is 12.1. The molecule has 0 fully saturated rings. The molecule has 0 aliphatic heterocycles. The molecule has 3 N–H and O–H groups in total. The van der Waals surface area contributed by atoms with E-state index in [0.717, 1.165) is 25.1 Å². The first-order valence-corrected chi connectivity index (χ1v) is 8.27. The molecule has 0 aliphatic rings. The molecule has 19 heavy (non-hydrogen) atoms. The topological polar surface area (TPSA) is 77.1 Å². The smallest absolute Gasteiger partial charge is 0.242 e. The Labute approximate surface area is 116 Å². The number of aromatic nitrogens is 1. The van der Waals surface area contributed by atoms with Crippen molar-refractivity contribution in [3.63, 3.8) is 0 Å². The van der Waals surface area contributed by atoms with E-state index in [2.05, 4.69) is 25.5 Å². The van der Waals surface area contributed by atoms with Crippen LogP contribution in [-0.2, 0) is 23.1 Å². The van der Waals surface area contributed by atoms with Crippen molar-refractivity contribution in [1.82, 2.24) is 9.29 Å². The summed E-state index contributed by atoms with van der Waals surface area (Å²) < 4.78 is 28.8. The van der Waals surface area contributed by atoms with Crippen LogP contribution in [0.25, 0.3) is 0 Å². The first-order valence-electron chi connectivity index (χ1n) is 6.79. The fourth-order valence-electron chi connectivity index (χ4n) is 1.86. The Morgan fingerprint density at radius 3 is 2.63 bits per heavy atom. The maximum atomic E-state index is 12.1. The molecule has 1 aromatic rings. The van der Waals surface area contributed by atoms with Crippen molar-refractivity contribution in [2.24, 2.45) is 11.7 Å². The molecule has 6 heteroatoms. The molecule has 0 radical (unpaired) electrons. The van der Waals surface area contributed by atoms with E-state index in [0.29, 0.717) is 23.9 Å². The number of rotatable bonds is 8. The van der Waals surface area contributed by atoms with Gasteiger partial charge in [-0.2, -0.15) is 0 Å². The number of aryl methyl sites for hydroxylation is 1. The SMILES string of the molecule is CCCn1cc(S(=O)(=O)NCCC(C)C)cc1CN. The molecule has 1 rings (SSSR count). The van der Waals surface area contributed by atoms with Gasteiger partial charge in [0, 0.05) is 31.5 Å². The molecule has 0 aromatic carbocycles. The molecule has 0 atom stereocenters. The highest BCUT2D eigenvalue weighted by atomic mass is 32.2. The van der Waals surface area contributed by atoms with E-state index in [9.17, 15) is 8.42 Å². The van der Waals surface area contributed by atoms with Crippen molar-refractivity contribution in [1.29, 1.82) is 0 Å². The Balaban J connectivity index is 2.83. The summed E-state index contributed by atoms with van der Waals surface area (Å²) in [7, 11) is -3.41. The molecule has 110 valence electrons. The fourth-order valence-corrected chi connectivity index (χ4v) is 2.97. The van der Waals surface area contributed by atoms with E-state index in [1.165, 1.54) is 0 Å². The summed E-state index contributed by atoms with van der Waals surface area (Å²) in [6, 6.07) is 1.66. The van der Waals surface area contributed by atoms with Crippen LogP contribution in [0.4, 0.5) is 0 Å². The largest absolute Gasteiger partial charge is 0.349 e.